The molecule has 2 heterocycles. The Morgan fingerprint density at radius 2 is 1.74 bits per heavy atom. The van der Waals surface area contributed by atoms with E-state index in [1.807, 2.05) is 0 Å². The first-order valence-electron chi connectivity index (χ1n) is 5.58. The van der Waals surface area contributed by atoms with E-state index in [1.54, 1.807) is 13.8 Å². The van der Waals surface area contributed by atoms with Gasteiger partial charge in [0.05, 0.1) is 5.69 Å². The van der Waals surface area contributed by atoms with Crippen molar-refractivity contribution in [2.24, 2.45) is 0 Å². The molecule has 3 amide bonds. The Bertz CT molecular complexity index is 618. The van der Waals surface area contributed by atoms with Crippen molar-refractivity contribution in [2.45, 2.75) is 13.8 Å². The van der Waals surface area contributed by atoms with Gasteiger partial charge >= 0.3 is 0 Å². The molecule has 100 valence electrons. The molecule has 0 unspecified atom stereocenters. The normalized spacial score (nSPS) is 15.4. The molecule has 2 N–H and O–H groups in total. The van der Waals surface area contributed by atoms with E-state index in [4.69, 9.17) is 0 Å². The van der Waals surface area contributed by atoms with Crippen LogP contribution in [0.3, 0.4) is 0 Å². The number of hydrogen-bond acceptors (Lipinski definition) is 5. The number of aryl methyl sites for hydroxylation is 1. The van der Waals surface area contributed by atoms with Crippen LogP contribution in [0.4, 0.5) is 0 Å². The van der Waals surface area contributed by atoms with Gasteiger partial charge in [-0.05, 0) is 19.4 Å². The number of carbonyl (C=O) groups is 3. The zero-order chi connectivity index (χ0) is 14.2. The first-order chi connectivity index (χ1) is 8.90. The maximum absolute atomic E-state index is 12.2. The molecule has 1 fully saturated rings. The maximum atomic E-state index is 12.2. The first kappa shape index (κ1) is 12.9. The number of aromatic nitrogens is 2. The summed E-state index contributed by atoms with van der Waals surface area (Å²) in [4.78, 5) is 47.4. The molecule has 0 radical (unpaired) electrons. The lowest BCUT2D eigenvalue weighted by Gasteiger charge is -2.25. The molecule has 0 aliphatic carbocycles. The zero-order valence-corrected chi connectivity index (χ0v) is 10.4. The summed E-state index contributed by atoms with van der Waals surface area (Å²) in [6, 6.07) is 0. The van der Waals surface area contributed by atoms with E-state index in [9.17, 15) is 19.2 Å². The average molecular weight is 264 g/mol. The van der Waals surface area contributed by atoms with Crippen LogP contribution in [0.25, 0.3) is 0 Å². The summed E-state index contributed by atoms with van der Waals surface area (Å²) in [5, 5.41) is 8.04. The Hall–Kier alpha value is -2.51. The van der Waals surface area contributed by atoms with Crippen molar-refractivity contribution in [3.63, 3.8) is 0 Å². The van der Waals surface area contributed by atoms with Crippen molar-refractivity contribution >= 4 is 17.7 Å². The Morgan fingerprint density at radius 1 is 1.16 bits per heavy atom. The number of aromatic amines is 1. The third-order valence-electron chi connectivity index (χ3n) is 2.92. The van der Waals surface area contributed by atoms with Gasteiger partial charge in [-0.1, -0.05) is 0 Å². The van der Waals surface area contributed by atoms with Crippen molar-refractivity contribution in [1.82, 2.24) is 20.4 Å². The van der Waals surface area contributed by atoms with Crippen molar-refractivity contribution in [1.29, 1.82) is 0 Å². The van der Waals surface area contributed by atoms with Crippen molar-refractivity contribution in [2.75, 3.05) is 13.1 Å². The number of rotatable bonds is 1. The summed E-state index contributed by atoms with van der Waals surface area (Å²) < 4.78 is 0. The standard InChI is InChI=1S/C11H12N4O4/c1-5-6(2)13-14-10(18)9(5)11(19)15-3-7(16)12-8(17)4-15/h3-4H2,1-2H3,(H,14,18)(H,12,16,17). The molecule has 1 aliphatic rings. The van der Waals surface area contributed by atoms with E-state index in [2.05, 4.69) is 15.5 Å². The SMILES string of the molecule is Cc1n[nH]c(=O)c(C(=O)N2CC(=O)NC(=O)C2)c1C. The summed E-state index contributed by atoms with van der Waals surface area (Å²) in [6.07, 6.45) is 0. The number of amides is 3. The molecule has 0 saturated carbocycles. The quantitative estimate of drug-likeness (QED) is 0.598. The molecular weight excluding hydrogens is 252 g/mol. The molecule has 1 aromatic rings. The molecule has 2 rings (SSSR count). The second-order valence-corrected chi connectivity index (χ2v) is 4.27. The summed E-state index contributed by atoms with van der Waals surface area (Å²) in [5.74, 6) is -1.78. The molecule has 8 heteroatoms. The molecule has 8 nitrogen and oxygen atoms in total. The predicted molar refractivity (Wildman–Crippen MR) is 63.4 cm³/mol. The molecule has 0 bridgehead atoms. The monoisotopic (exact) mass is 264 g/mol. The molecule has 19 heavy (non-hydrogen) atoms. The molecule has 0 atom stereocenters. The third kappa shape index (κ3) is 2.37. The predicted octanol–water partition coefficient (Wildman–Crippen LogP) is -1.51. The van der Waals surface area contributed by atoms with Crippen LogP contribution in [-0.2, 0) is 9.59 Å². The Balaban J connectivity index is 2.40. The van der Waals surface area contributed by atoms with Crippen LogP contribution in [0, 0.1) is 13.8 Å². The van der Waals surface area contributed by atoms with Gasteiger partial charge in [0.25, 0.3) is 11.5 Å². The van der Waals surface area contributed by atoms with E-state index in [0.29, 0.717) is 11.3 Å². The number of nitrogens with one attached hydrogen (secondary N) is 2. The lowest BCUT2D eigenvalue weighted by atomic mass is 10.1. The lowest BCUT2D eigenvalue weighted by molar-refractivity contribution is -0.135. The minimum Gasteiger partial charge on any atom is -0.320 e. The van der Waals surface area contributed by atoms with Gasteiger partial charge in [0.15, 0.2) is 0 Å². The zero-order valence-electron chi connectivity index (χ0n) is 10.4. The fourth-order valence-corrected chi connectivity index (χ4v) is 1.82. The van der Waals surface area contributed by atoms with E-state index in [-0.39, 0.29) is 18.7 Å². The van der Waals surface area contributed by atoms with E-state index >= 15 is 0 Å². The van der Waals surface area contributed by atoms with Gasteiger partial charge in [-0.3, -0.25) is 24.5 Å². The Kier molecular flexibility index (Phi) is 3.16. The minimum atomic E-state index is -0.646. The number of imide groups is 1. The summed E-state index contributed by atoms with van der Waals surface area (Å²) in [5.41, 5.74) is 0.226. The van der Waals surface area contributed by atoms with Gasteiger partial charge in [-0.2, -0.15) is 5.10 Å². The topological polar surface area (TPSA) is 112 Å². The van der Waals surface area contributed by atoms with E-state index in [1.165, 1.54) is 0 Å². The summed E-state index contributed by atoms with van der Waals surface area (Å²) in [6.45, 7) is 2.75. The fourth-order valence-electron chi connectivity index (χ4n) is 1.82. The number of carbonyl (C=O) groups excluding carboxylic acids is 3. The summed E-state index contributed by atoms with van der Waals surface area (Å²) in [7, 11) is 0. The largest absolute Gasteiger partial charge is 0.320 e. The van der Waals surface area contributed by atoms with Gasteiger partial charge < -0.3 is 4.90 Å². The summed E-state index contributed by atoms with van der Waals surface area (Å²) >= 11 is 0. The molecule has 0 aromatic carbocycles. The highest BCUT2D eigenvalue weighted by molar-refractivity contribution is 6.06. The van der Waals surface area contributed by atoms with Crippen LogP contribution in [0.15, 0.2) is 4.79 Å². The highest BCUT2D eigenvalue weighted by Gasteiger charge is 2.29. The Labute approximate surface area is 107 Å². The van der Waals surface area contributed by atoms with Crippen LogP contribution < -0.4 is 10.9 Å². The van der Waals surface area contributed by atoms with Gasteiger partial charge in [0, 0.05) is 0 Å². The van der Waals surface area contributed by atoms with Gasteiger partial charge in [0.2, 0.25) is 11.8 Å². The van der Waals surface area contributed by atoms with Crippen LogP contribution in [0.5, 0.6) is 0 Å². The molecular formula is C11H12N4O4. The van der Waals surface area contributed by atoms with Crippen LogP contribution in [0.1, 0.15) is 21.6 Å². The lowest BCUT2D eigenvalue weighted by Crippen LogP contribution is -2.54. The highest BCUT2D eigenvalue weighted by atomic mass is 16.2. The average Bonchev–Trinajstić information content (AvgIpc) is 2.33. The van der Waals surface area contributed by atoms with Gasteiger partial charge in [-0.25, -0.2) is 5.10 Å². The first-order valence-corrected chi connectivity index (χ1v) is 5.58. The van der Waals surface area contributed by atoms with E-state index < -0.39 is 23.3 Å². The van der Waals surface area contributed by atoms with Crippen molar-refractivity contribution in [3.05, 3.63) is 27.2 Å². The van der Waals surface area contributed by atoms with Crippen LogP contribution >= 0.6 is 0 Å². The van der Waals surface area contributed by atoms with Crippen molar-refractivity contribution in [3.8, 4) is 0 Å². The van der Waals surface area contributed by atoms with E-state index in [0.717, 1.165) is 4.90 Å². The van der Waals surface area contributed by atoms with Gasteiger partial charge in [0.1, 0.15) is 18.7 Å². The number of nitrogens with zero attached hydrogens (tertiary/aromatic N) is 2. The smallest absolute Gasteiger partial charge is 0.277 e. The Morgan fingerprint density at radius 3 is 2.32 bits per heavy atom. The second kappa shape index (κ2) is 4.63. The fraction of sp³-hybridized carbons (Fsp3) is 0.364. The number of hydrogen-bond donors (Lipinski definition) is 2. The minimum absolute atomic E-state index is 0.0880. The van der Waals surface area contributed by atoms with Crippen LogP contribution in [-0.4, -0.2) is 45.9 Å². The molecule has 0 spiro atoms. The highest BCUT2D eigenvalue weighted by Crippen LogP contribution is 2.09. The van der Waals surface area contributed by atoms with Crippen molar-refractivity contribution < 1.29 is 14.4 Å². The molecule has 1 saturated heterocycles. The van der Waals surface area contributed by atoms with Crippen LogP contribution in [0.2, 0.25) is 0 Å². The molecule has 1 aromatic heterocycles. The van der Waals surface area contributed by atoms with Gasteiger partial charge in [-0.15, -0.1) is 0 Å². The number of H-pyrrole nitrogens is 1. The maximum Gasteiger partial charge on any atom is 0.277 e. The third-order valence-corrected chi connectivity index (χ3v) is 2.92. The molecule has 1 aliphatic heterocycles. The second-order valence-electron chi connectivity index (χ2n) is 4.27. The number of piperazine rings is 1.